The van der Waals surface area contributed by atoms with E-state index in [4.69, 9.17) is 17.5 Å². The highest BCUT2D eigenvalue weighted by atomic mass is 35.5. The molecule has 0 spiro atoms. The Labute approximate surface area is 89.8 Å². The van der Waals surface area contributed by atoms with E-state index in [9.17, 15) is 0 Å². The van der Waals surface area contributed by atoms with Gasteiger partial charge in [-0.3, -0.25) is 4.42 Å². The van der Waals surface area contributed by atoms with E-state index in [1.165, 1.54) is 30.4 Å². The van der Waals surface area contributed by atoms with Gasteiger partial charge in [0.25, 0.3) is 0 Å². The van der Waals surface area contributed by atoms with Crippen LogP contribution < -0.4 is 5.73 Å². The number of aliphatic imine (C=N–C) groups is 1. The standard InChI is InChI=1S/C9H17ClN4/c1-13(10)9(11)12-8-6-14-4-2-7(8)3-5-14/h7-8H,2-6H2,1H3,(H2,11,12)/t8-/m1/s1. The Bertz CT molecular complexity index is 233. The number of guanidine groups is 1. The predicted octanol–water partition coefficient (Wildman–Crippen LogP) is 0.481. The number of rotatable bonds is 1. The first-order chi connectivity index (χ1) is 6.66. The summed E-state index contributed by atoms with van der Waals surface area (Å²) in [5, 5.41) is 0. The monoisotopic (exact) mass is 216 g/mol. The zero-order chi connectivity index (χ0) is 10.1. The molecule has 0 amide bonds. The summed E-state index contributed by atoms with van der Waals surface area (Å²) in [5.74, 6) is 1.15. The molecule has 3 aliphatic rings. The van der Waals surface area contributed by atoms with Crippen LogP contribution in [0.4, 0.5) is 0 Å². The Morgan fingerprint density at radius 3 is 2.57 bits per heavy atom. The van der Waals surface area contributed by atoms with Crippen molar-refractivity contribution < 1.29 is 0 Å². The molecular formula is C9H17ClN4. The van der Waals surface area contributed by atoms with Crippen molar-refractivity contribution in [1.82, 2.24) is 9.32 Å². The number of nitrogens with two attached hydrogens (primary N) is 1. The van der Waals surface area contributed by atoms with Crippen LogP contribution in [0, 0.1) is 5.92 Å². The summed E-state index contributed by atoms with van der Waals surface area (Å²) in [5.41, 5.74) is 5.70. The van der Waals surface area contributed by atoms with Gasteiger partial charge in [0.15, 0.2) is 0 Å². The Balaban J connectivity index is 2.02. The molecule has 80 valence electrons. The molecule has 3 saturated heterocycles. The molecule has 0 radical (unpaired) electrons. The normalized spacial score (nSPS) is 37.3. The van der Waals surface area contributed by atoms with E-state index in [1.54, 1.807) is 7.05 Å². The van der Waals surface area contributed by atoms with Gasteiger partial charge >= 0.3 is 0 Å². The molecule has 0 saturated carbocycles. The highest BCUT2D eigenvalue weighted by Crippen LogP contribution is 2.29. The molecule has 14 heavy (non-hydrogen) atoms. The maximum absolute atomic E-state index is 5.71. The van der Waals surface area contributed by atoms with Crippen molar-refractivity contribution in [1.29, 1.82) is 0 Å². The van der Waals surface area contributed by atoms with Gasteiger partial charge in [-0.15, -0.1) is 0 Å². The molecule has 0 aromatic heterocycles. The molecule has 1 atom stereocenters. The van der Waals surface area contributed by atoms with Crippen molar-refractivity contribution in [2.75, 3.05) is 26.7 Å². The van der Waals surface area contributed by atoms with Gasteiger partial charge in [0.2, 0.25) is 5.96 Å². The third-order valence-electron chi connectivity index (χ3n) is 3.24. The van der Waals surface area contributed by atoms with Gasteiger partial charge in [-0.05, 0) is 31.8 Å². The van der Waals surface area contributed by atoms with Crippen LogP contribution in [0.2, 0.25) is 0 Å². The lowest BCUT2D eigenvalue weighted by atomic mass is 9.84. The molecule has 3 aliphatic heterocycles. The lowest BCUT2D eigenvalue weighted by molar-refractivity contribution is 0.0902. The van der Waals surface area contributed by atoms with E-state index in [1.807, 2.05) is 0 Å². The van der Waals surface area contributed by atoms with Gasteiger partial charge in [-0.25, -0.2) is 4.99 Å². The SMILES string of the molecule is CN(Cl)C(N)=N[C@@H]1CN2CCC1CC2. The molecule has 0 aliphatic carbocycles. The molecule has 4 nitrogen and oxygen atoms in total. The zero-order valence-electron chi connectivity index (χ0n) is 8.49. The molecule has 2 bridgehead atoms. The third-order valence-corrected chi connectivity index (χ3v) is 3.41. The van der Waals surface area contributed by atoms with Crippen LogP contribution in [0.3, 0.4) is 0 Å². The Hall–Kier alpha value is -0.480. The first kappa shape index (κ1) is 10.1. The first-order valence-corrected chi connectivity index (χ1v) is 5.46. The second kappa shape index (κ2) is 3.95. The van der Waals surface area contributed by atoms with E-state index in [2.05, 4.69) is 9.89 Å². The average Bonchev–Trinajstić information content (AvgIpc) is 2.19. The fraction of sp³-hybridized carbons (Fsp3) is 0.889. The van der Waals surface area contributed by atoms with Gasteiger partial charge in [0.05, 0.1) is 6.04 Å². The minimum Gasteiger partial charge on any atom is -0.369 e. The van der Waals surface area contributed by atoms with E-state index < -0.39 is 0 Å². The van der Waals surface area contributed by atoms with Crippen molar-refractivity contribution in [3.63, 3.8) is 0 Å². The number of nitrogens with zero attached hydrogens (tertiary/aromatic N) is 3. The number of hydrogen-bond donors (Lipinski definition) is 1. The molecule has 0 aromatic carbocycles. The van der Waals surface area contributed by atoms with Crippen LogP contribution in [0.1, 0.15) is 12.8 Å². The molecule has 3 heterocycles. The van der Waals surface area contributed by atoms with Crippen LogP contribution >= 0.6 is 11.8 Å². The van der Waals surface area contributed by atoms with Crippen LogP contribution in [0.5, 0.6) is 0 Å². The minimum atomic E-state index is 0.360. The third kappa shape index (κ3) is 1.96. The second-order valence-corrected chi connectivity index (χ2v) is 4.68. The van der Waals surface area contributed by atoms with E-state index >= 15 is 0 Å². The van der Waals surface area contributed by atoms with Crippen molar-refractivity contribution in [2.24, 2.45) is 16.6 Å². The summed E-state index contributed by atoms with van der Waals surface area (Å²) in [4.78, 5) is 6.92. The summed E-state index contributed by atoms with van der Waals surface area (Å²) < 4.78 is 1.36. The van der Waals surface area contributed by atoms with Gasteiger partial charge in [-0.2, -0.15) is 0 Å². The summed E-state index contributed by atoms with van der Waals surface area (Å²) >= 11 is 5.71. The van der Waals surface area contributed by atoms with Gasteiger partial charge < -0.3 is 10.6 Å². The molecular weight excluding hydrogens is 200 g/mol. The van der Waals surface area contributed by atoms with Gasteiger partial charge in [-0.1, -0.05) is 0 Å². The van der Waals surface area contributed by atoms with Crippen LogP contribution in [-0.4, -0.2) is 48.0 Å². The van der Waals surface area contributed by atoms with Crippen molar-refractivity contribution >= 4 is 17.7 Å². The summed E-state index contributed by atoms with van der Waals surface area (Å²) in [6.07, 6.45) is 2.51. The topological polar surface area (TPSA) is 44.9 Å². The Kier molecular flexibility index (Phi) is 2.83. The lowest BCUT2D eigenvalue weighted by Gasteiger charge is -2.43. The van der Waals surface area contributed by atoms with Gasteiger partial charge in [0.1, 0.15) is 0 Å². The summed E-state index contributed by atoms with van der Waals surface area (Å²) in [6, 6.07) is 0.360. The molecule has 5 heteroatoms. The fourth-order valence-electron chi connectivity index (χ4n) is 2.33. The molecule has 0 aromatic rings. The van der Waals surface area contributed by atoms with Crippen LogP contribution in [0.15, 0.2) is 4.99 Å². The van der Waals surface area contributed by atoms with Crippen LogP contribution in [-0.2, 0) is 0 Å². The molecule has 2 N–H and O–H groups in total. The maximum atomic E-state index is 5.71. The number of piperidine rings is 3. The number of hydrogen-bond acceptors (Lipinski definition) is 2. The number of halogens is 1. The highest BCUT2D eigenvalue weighted by Gasteiger charge is 2.34. The molecule has 3 fully saturated rings. The Morgan fingerprint density at radius 2 is 2.14 bits per heavy atom. The molecule has 0 unspecified atom stereocenters. The van der Waals surface area contributed by atoms with E-state index in [-0.39, 0.29) is 0 Å². The van der Waals surface area contributed by atoms with Gasteiger partial charge in [0, 0.05) is 25.4 Å². The highest BCUT2D eigenvalue weighted by molar-refractivity contribution is 6.21. The first-order valence-electron chi connectivity index (χ1n) is 5.12. The quantitative estimate of drug-likeness (QED) is 0.394. The van der Waals surface area contributed by atoms with E-state index in [0.29, 0.717) is 12.0 Å². The van der Waals surface area contributed by atoms with Crippen molar-refractivity contribution in [3.05, 3.63) is 0 Å². The summed E-state index contributed by atoms with van der Waals surface area (Å²) in [7, 11) is 1.71. The van der Waals surface area contributed by atoms with E-state index in [0.717, 1.165) is 12.5 Å². The van der Waals surface area contributed by atoms with Crippen LogP contribution in [0.25, 0.3) is 0 Å². The summed E-state index contributed by atoms with van der Waals surface area (Å²) in [6.45, 7) is 3.51. The fourth-order valence-corrected chi connectivity index (χ4v) is 2.37. The molecule has 3 rings (SSSR count). The average molecular weight is 217 g/mol. The largest absolute Gasteiger partial charge is 0.369 e. The maximum Gasteiger partial charge on any atom is 0.206 e. The predicted molar refractivity (Wildman–Crippen MR) is 58.2 cm³/mol. The lowest BCUT2D eigenvalue weighted by Crippen LogP contribution is -2.50. The zero-order valence-corrected chi connectivity index (χ0v) is 9.24. The second-order valence-electron chi connectivity index (χ2n) is 4.17. The van der Waals surface area contributed by atoms with Crippen molar-refractivity contribution in [3.8, 4) is 0 Å². The van der Waals surface area contributed by atoms with Crippen molar-refractivity contribution in [2.45, 2.75) is 18.9 Å². The smallest absolute Gasteiger partial charge is 0.206 e. The minimum absolute atomic E-state index is 0.360. The Morgan fingerprint density at radius 1 is 1.50 bits per heavy atom. The number of fused-ring (bicyclic) bond motifs is 3.